The van der Waals surface area contributed by atoms with Gasteiger partial charge in [-0.05, 0) is 50.0 Å². The highest BCUT2D eigenvalue weighted by molar-refractivity contribution is 5.75. The van der Waals surface area contributed by atoms with E-state index in [-0.39, 0.29) is 11.9 Å². The summed E-state index contributed by atoms with van der Waals surface area (Å²) < 4.78 is 5.34. The van der Waals surface area contributed by atoms with E-state index in [1.807, 2.05) is 12.1 Å². The molecule has 0 spiro atoms. The van der Waals surface area contributed by atoms with Crippen LogP contribution in [0.5, 0.6) is 5.75 Å². The molecule has 1 aliphatic heterocycles. The van der Waals surface area contributed by atoms with Crippen molar-refractivity contribution in [2.75, 3.05) is 26.7 Å². The van der Waals surface area contributed by atoms with Crippen LogP contribution in [0.3, 0.4) is 0 Å². The topological polar surface area (TPSA) is 41.6 Å². The second-order valence-corrected chi connectivity index (χ2v) is 5.94. The predicted molar refractivity (Wildman–Crippen MR) is 89.1 cm³/mol. The second-order valence-electron chi connectivity index (χ2n) is 5.94. The number of nitrogens with one attached hydrogen (secondary N) is 1. The van der Waals surface area contributed by atoms with E-state index in [4.69, 9.17) is 4.74 Å². The van der Waals surface area contributed by atoms with E-state index in [9.17, 15) is 4.79 Å². The first-order valence-corrected chi connectivity index (χ1v) is 8.39. The van der Waals surface area contributed by atoms with Crippen molar-refractivity contribution in [3.05, 3.63) is 29.8 Å². The smallest absolute Gasteiger partial charge is 0.220 e. The number of unbranched alkanes of at least 4 members (excludes halogenated alkanes) is 1. The van der Waals surface area contributed by atoms with Crippen molar-refractivity contribution in [1.82, 2.24) is 10.2 Å². The monoisotopic (exact) mass is 304 g/mol. The summed E-state index contributed by atoms with van der Waals surface area (Å²) in [7, 11) is 1.69. The number of carbonyl (C=O) groups excluding carboxylic acids is 1. The summed E-state index contributed by atoms with van der Waals surface area (Å²) in [5.41, 5.74) is 1.22. The van der Waals surface area contributed by atoms with Crippen molar-refractivity contribution >= 4 is 5.91 Å². The van der Waals surface area contributed by atoms with Gasteiger partial charge in [0.05, 0.1) is 13.2 Å². The van der Waals surface area contributed by atoms with Gasteiger partial charge >= 0.3 is 0 Å². The largest absolute Gasteiger partial charge is 0.497 e. The Morgan fingerprint density at radius 3 is 2.82 bits per heavy atom. The van der Waals surface area contributed by atoms with Crippen LogP contribution in [0.2, 0.25) is 0 Å². The van der Waals surface area contributed by atoms with Gasteiger partial charge in [-0.15, -0.1) is 0 Å². The summed E-state index contributed by atoms with van der Waals surface area (Å²) in [4.78, 5) is 14.4. The summed E-state index contributed by atoms with van der Waals surface area (Å²) in [6.45, 7) is 4.99. The van der Waals surface area contributed by atoms with Gasteiger partial charge in [-0.25, -0.2) is 0 Å². The van der Waals surface area contributed by atoms with Gasteiger partial charge in [0.1, 0.15) is 5.75 Å². The first-order valence-electron chi connectivity index (χ1n) is 8.39. The SMILES string of the molecule is CCCCC(=O)NCC(c1cccc(OC)c1)N1CCCC1. The van der Waals surface area contributed by atoms with Crippen LogP contribution in [0.4, 0.5) is 0 Å². The molecule has 1 N–H and O–H groups in total. The van der Waals surface area contributed by atoms with Crippen LogP contribution >= 0.6 is 0 Å². The summed E-state index contributed by atoms with van der Waals surface area (Å²) in [6, 6.07) is 8.44. The van der Waals surface area contributed by atoms with Gasteiger partial charge in [-0.1, -0.05) is 25.5 Å². The zero-order chi connectivity index (χ0) is 15.8. The second kappa shape index (κ2) is 8.79. The van der Waals surface area contributed by atoms with Gasteiger partial charge in [-0.2, -0.15) is 0 Å². The van der Waals surface area contributed by atoms with E-state index >= 15 is 0 Å². The third-order valence-corrected chi connectivity index (χ3v) is 4.31. The Balaban J connectivity index is 2.03. The minimum Gasteiger partial charge on any atom is -0.497 e. The molecule has 1 aromatic rings. The van der Waals surface area contributed by atoms with Crippen molar-refractivity contribution < 1.29 is 9.53 Å². The summed E-state index contributed by atoms with van der Waals surface area (Å²) in [6.07, 6.45) is 5.12. The molecule has 1 aromatic carbocycles. The fourth-order valence-electron chi connectivity index (χ4n) is 3.00. The Morgan fingerprint density at radius 1 is 1.36 bits per heavy atom. The maximum Gasteiger partial charge on any atom is 0.220 e. The molecule has 1 saturated heterocycles. The van der Waals surface area contributed by atoms with E-state index in [0.717, 1.165) is 31.7 Å². The number of rotatable bonds is 8. The van der Waals surface area contributed by atoms with Crippen LogP contribution < -0.4 is 10.1 Å². The van der Waals surface area contributed by atoms with Crippen molar-refractivity contribution in [3.8, 4) is 5.75 Å². The summed E-state index contributed by atoms with van der Waals surface area (Å²) in [5, 5.41) is 3.11. The van der Waals surface area contributed by atoms with E-state index in [1.165, 1.54) is 18.4 Å². The van der Waals surface area contributed by atoms with Crippen LogP contribution in [0.25, 0.3) is 0 Å². The zero-order valence-electron chi connectivity index (χ0n) is 13.8. The first-order chi connectivity index (χ1) is 10.7. The van der Waals surface area contributed by atoms with Crippen LogP contribution in [0.1, 0.15) is 50.6 Å². The average molecular weight is 304 g/mol. The molecule has 1 heterocycles. The molecule has 4 nitrogen and oxygen atoms in total. The summed E-state index contributed by atoms with van der Waals surface area (Å²) in [5.74, 6) is 1.04. The van der Waals surface area contributed by atoms with Crippen molar-refractivity contribution in [2.24, 2.45) is 0 Å². The minimum atomic E-state index is 0.161. The molecule has 4 heteroatoms. The molecule has 0 aromatic heterocycles. The van der Waals surface area contributed by atoms with Gasteiger partial charge in [0, 0.05) is 13.0 Å². The molecule has 1 unspecified atom stereocenters. The number of amides is 1. The molecule has 1 fully saturated rings. The molecule has 1 atom stereocenters. The fraction of sp³-hybridized carbons (Fsp3) is 0.611. The number of likely N-dealkylation sites (tertiary alicyclic amines) is 1. The Bertz CT molecular complexity index is 470. The maximum absolute atomic E-state index is 11.9. The Morgan fingerprint density at radius 2 is 2.14 bits per heavy atom. The third-order valence-electron chi connectivity index (χ3n) is 4.31. The Hall–Kier alpha value is -1.55. The van der Waals surface area contributed by atoms with Crippen LogP contribution in [-0.4, -0.2) is 37.6 Å². The highest BCUT2D eigenvalue weighted by Gasteiger charge is 2.24. The number of benzene rings is 1. The molecule has 0 saturated carbocycles. The third kappa shape index (κ3) is 4.73. The number of nitrogens with zero attached hydrogens (tertiary/aromatic N) is 1. The number of carbonyl (C=O) groups is 1. The Labute approximate surface area is 133 Å². The molecule has 22 heavy (non-hydrogen) atoms. The van der Waals surface area contributed by atoms with Gasteiger partial charge in [0.25, 0.3) is 0 Å². The van der Waals surface area contributed by atoms with E-state index < -0.39 is 0 Å². The van der Waals surface area contributed by atoms with Crippen molar-refractivity contribution in [1.29, 1.82) is 0 Å². The molecule has 0 aliphatic carbocycles. The summed E-state index contributed by atoms with van der Waals surface area (Å²) >= 11 is 0. The molecule has 2 rings (SSSR count). The van der Waals surface area contributed by atoms with Crippen molar-refractivity contribution in [2.45, 2.75) is 45.1 Å². The van der Waals surface area contributed by atoms with E-state index in [1.54, 1.807) is 7.11 Å². The molecular weight excluding hydrogens is 276 g/mol. The number of ether oxygens (including phenoxy) is 1. The highest BCUT2D eigenvalue weighted by Crippen LogP contribution is 2.27. The van der Waals surface area contributed by atoms with Crippen LogP contribution in [0.15, 0.2) is 24.3 Å². The Kier molecular flexibility index (Phi) is 6.72. The molecule has 0 bridgehead atoms. The van der Waals surface area contributed by atoms with Gasteiger partial charge in [0.2, 0.25) is 5.91 Å². The quantitative estimate of drug-likeness (QED) is 0.802. The molecule has 1 aliphatic rings. The van der Waals surface area contributed by atoms with E-state index in [2.05, 4.69) is 29.3 Å². The normalized spacial score (nSPS) is 16.5. The van der Waals surface area contributed by atoms with Gasteiger partial charge < -0.3 is 10.1 Å². The lowest BCUT2D eigenvalue weighted by atomic mass is 10.0. The molecule has 1 amide bonds. The fourth-order valence-corrected chi connectivity index (χ4v) is 3.00. The minimum absolute atomic E-state index is 0.161. The zero-order valence-corrected chi connectivity index (χ0v) is 13.8. The van der Waals surface area contributed by atoms with Crippen LogP contribution in [0, 0.1) is 0 Å². The average Bonchev–Trinajstić information content (AvgIpc) is 3.07. The molecule has 0 radical (unpaired) electrons. The lowest BCUT2D eigenvalue weighted by Crippen LogP contribution is -2.36. The standard InChI is InChI=1S/C18H28N2O2/c1-3-4-10-18(21)19-14-17(20-11-5-6-12-20)15-8-7-9-16(13-15)22-2/h7-9,13,17H,3-6,10-12,14H2,1-2H3,(H,19,21). The number of hydrogen-bond acceptors (Lipinski definition) is 3. The first kappa shape index (κ1) is 16.8. The lowest BCUT2D eigenvalue weighted by Gasteiger charge is -2.28. The van der Waals surface area contributed by atoms with Crippen LogP contribution in [-0.2, 0) is 4.79 Å². The van der Waals surface area contributed by atoms with E-state index in [0.29, 0.717) is 13.0 Å². The number of hydrogen-bond donors (Lipinski definition) is 1. The lowest BCUT2D eigenvalue weighted by molar-refractivity contribution is -0.121. The molecular formula is C18H28N2O2. The molecule has 122 valence electrons. The number of methoxy groups -OCH3 is 1. The maximum atomic E-state index is 11.9. The van der Waals surface area contributed by atoms with Gasteiger partial charge in [0.15, 0.2) is 0 Å². The van der Waals surface area contributed by atoms with Crippen molar-refractivity contribution in [3.63, 3.8) is 0 Å². The van der Waals surface area contributed by atoms with Gasteiger partial charge in [-0.3, -0.25) is 9.69 Å². The highest BCUT2D eigenvalue weighted by atomic mass is 16.5. The predicted octanol–water partition coefficient (Wildman–Crippen LogP) is 3.14.